The summed E-state index contributed by atoms with van der Waals surface area (Å²) < 4.78 is 11.3. The number of para-hydroxylation sites is 1. The van der Waals surface area contributed by atoms with Crippen molar-refractivity contribution in [1.29, 1.82) is 0 Å². The molecule has 0 aromatic heterocycles. The van der Waals surface area contributed by atoms with E-state index in [4.69, 9.17) is 15.2 Å². The highest BCUT2D eigenvalue weighted by molar-refractivity contribution is 5.85. The molecule has 1 saturated heterocycles. The van der Waals surface area contributed by atoms with E-state index in [1.807, 2.05) is 54.6 Å². The van der Waals surface area contributed by atoms with Gasteiger partial charge < -0.3 is 20.5 Å². The molecule has 1 fully saturated rings. The minimum Gasteiger partial charge on any atom is -0.489 e. The Bertz CT molecular complexity index is 718. The van der Waals surface area contributed by atoms with Crippen molar-refractivity contribution in [3.63, 3.8) is 0 Å². The molecule has 6 heteroatoms. The molecule has 27 heavy (non-hydrogen) atoms. The molecular formula is C21H27ClN2O3. The van der Waals surface area contributed by atoms with Crippen molar-refractivity contribution in [3.8, 4) is 5.75 Å². The van der Waals surface area contributed by atoms with E-state index in [1.54, 1.807) is 0 Å². The van der Waals surface area contributed by atoms with E-state index < -0.39 is 5.41 Å². The predicted octanol–water partition coefficient (Wildman–Crippen LogP) is 3.06. The van der Waals surface area contributed by atoms with Gasteiger partial charge in [-0.15, -0.1) is 12.4 Å². The molecule has 0 atom stereocenters. The summed E-state index contributed by atoms with van der Waals surface area (Å²) in [7, 11) is 0. The lowest BCUT2D eigenvalue weighted by Crippen LogP contribution is -2.49. The van der Waals surface area contributed by atoms with Crippen LogP contribution in [0.1, 0.15) is 24.0 Å². The van der Waals surface area contributed by atoms with Gasteiger partial charge in [-0.05, 0) is 24.5 Å². The normalized spacial score (nSPS) is 15.4. The monoisotopic (exact) mass is 390 g/mol. The van der Waals surface area contributed by atoms with E-state index in [9.17, 15) is 4.79 Å². The van der Waals surface area contributed by atoms with Crippen LogP contribution in [0.25, 0.3) is 0 Å². The number of benzene rings is 2. The van der Waals surface area contributed by atoms with E-state index in [0.717, 1.165) is 16.9 Å². The standard InChI is InChI=1S/C21H26N2O3.ClH/c22-16-21(10-12-25-13-11-21)20(24)23-14-18-8-4-5-9-19(18)26-15-17-6-2-1-3-7-17;/h1-9H,10-16,22H2,(H,23,24);1H. The number of halogens is 1. The van der Waals surface area contributed by atoms with Crippen LogP contribution in [-0.2, 0) is 22.7 Å². The summed E-state index contributed by atoms with van der Waals surface area (Å²) in [6.07, 6.45) is 1.34. The van der Waals surface area contributed by atoms with Gasteiger partial charge in [-0.3, -0.25) is 4.79 Å². The summed E-state index contributed by atoms with van der Waals surface area (Å²) in [6.45, 7) is 2.43. The third-order valence-corrected chi connectivity index (χ3v) is 4.97. The molecule has 146 valence electrons. The average Bonchev–Trinajstić information content (AvgIpc) is 2.72. The Balaban J connectivity index is 0.00000261. The molecule has 0 radical (unpaired) electrons. The van der Waals surface area contributed by atoms with E-state index in [-0.39, 0.29) is 18.3 Å². The van der Waals surface area contributed by atoms with Gasteiger partial charge in [0.1, 0.15) is 12.4 Å². The molecule has 3 N–H and O–H groups in total. The first-order valence-corrected chi connectivity index (χ1v) is 9.04. The van der Waals surface area contributed by atoms with E-state index in [0.29, 0.717) is 45.8 Å². The Labute approximate surface area is 166 Å². The lowest BCUT2D eigenvalue weighted by atomic mass is 9.79. The molecule has 1 heterocycles. The first-order chi connectivity index (χ1) is 12.7. The predicted molar refractivity (Wildman–Crippen MR) is 108 cm³/mol. The number of carbonyl (C=O) groups is 1. The van der Waals surface area contributed by atoms with E-state index in [1.165, 1.54) is 0 Å². The Morgan fingerprint density at radius 3 is 2.44 bits per heavy atom. The largest absolute Gasteiger partial charge is 0.489 e. The van der Waals surface area contributed by atoms with Crippen molar-refractivity contribution in [2.24, 2.45) is 11.1 Å². The fourth-order valence-electron chi connectivity index (χ4n) is 3.18. The van der Waals surface area contributed by atoms with Crippen molar-refractivity contribution in [3.05, 3.63) is 65.7 Å². The molecule has 0 spiro atoms. The summed E-state index contributed by atoms with van der Waals surface area (Å²) in [4.78, 5) is 12.7. The Morgan fingerprint density at radius 2 is 1.74 bits per heavy atom. The molecule has 5 nitrogen and oxygen atoms in total. The van der Waals surface area contributed by atoms with Crippen molar-refractivity contribution in [1.82, 2.24) is 5.32 Å². The summed E-state index contributed by atoms with van der Waals surface area (Å²) in [5.41, 5.74) is 7.45. The molecule has 1 aliphatic heterocycles. The zero-order valence-electron chi connectivity index (χ0n) is 15.4. The maximum absolute atomic E-state index is 12.7. The topological polar surface area (TPSA) is 73.6 Å². The van der Waals surface area contributed by atoms with Crippen LogP contribution in [-0.4, -0.2) is 25.7 Å². The Hall–Kier alpha value is -2.08. The summed E-state index contributed by atoms with van der Waals surface area (Å²) >= 11 is 0. The lowest BCUT2D eigenvalue weighted by Gasteiger charge is -2.34. The molecule has 1 amide bonds. The minimum absolute atomic E-state index is 0. The number of hydrogen-bond donors (Lipinski definition) is 2. The van der Waals surface area contributed by atoms with Crippen LogP contribution in [0.2, 0.25) is 0 Å². The molecule has 1 aliphatic rings. The van der Waals surface area contributed by atoms with E-state index >= 15 is 0 Å². The van der Waals surface area contributed by atoms with Crippen LogP contribution in [0.3, 0.4) is 0 Å². The summed E-state index contributed by atoms with van der Waals surface area (Å²) in [5.74, 6) is 0.784. The smallest absolute Gasteiger partial charge is 0.227 e. The molecule has 0 saturated carbocycles. The zero-order valence-corrected chi connectivity index (χ0v) is 16.2. The van der Waals surface area contributed by atoms with Crippen LogP contribution in [0, 0.1) is 5.41 Å². The number of nitrogens with one attached hydrogen (secondary N) is 1. The van der Waals surface area contributed by atoms with Gasteiger partial charge in [0.05, 0.1) is 5.41 Å². The van der Waals surface area contributed by atoms with Crippen LogP contribution < -0.4 is 15.8 Å². The first-order valence-electron chi connectivity index (χ1n) is 9.04. The Kier molecular flexibility index (Phi) is 8.10. The van der Waals surface area contributed by atoms with Crippen LogP contribution in [0.5, 0.6) is 5.75 Å². The number of hydrogen-bond acceptors (Lipinski definition) is 4. The van der Waals surface area contributed by atoms with Gasteiger partial charge in [0.25, 0.3) is 0 Å². The van der Waals surface area contributed by atoms with Crippen molar-refractivity contribution < 1.29 is 14.3 Å². The minimum atomic E-state index is -0.516. The average molecular weight is 391 g/mol. The second-order valence-electron chi connectivity index (χ2n) is 6.66. The van der Waals surface area contributed by atoms with Gasteiger partial charge in [0.2, 0.25) is 5.91 Å². The fraction of sp³-hybridized carbons (Fsp3) is 0.381. The maximum Gasteiger partial charge on any atom is 0.227 e. The highest BCUT2D eigenvalue weighted by Crippen LogP contribution is 2.30. The molecule has 3 rings (SSSR count). The molecule has 0 unspecified atom stereocenters. The second-order valence-corrected chi connectivity index (χ2v) is 6.66. The highest BCUT2D eigenvalue weighted by atomic mass is 35.5. The third kappa shape index (κ3) is 5.45. The molecule has 0 aliphatic carbocycles. The Morgan fingerprint density at radius 1 is 1.07 bits per heavy atom. The number of rotatable bonds is 7. The van der Waals surface area contributed by atoms with Crippen molar-refractivity contribution in [2.75, 3.05) is 19.8 Å². The number of carbonyl (C=O) groups excluding carboxylic acids is 1. The summed E-state index contributed by atoms with van der Waals surface area (Å²) in [5, 5.41) is 3.04. The molecule has 2 aromatic carbocycles. The lowest BCUT2D eigenvalue weighted by molar-refractivity contribution is -0.136. The van der Waals surface area contributed by atoms with Crippen LogP contribution in [0.4, 0.5) is 0 Å². The fourth-order valence-corrected chi connectivity index (χ4v) is 3.18. The summed E-state index contributed by atoms with van der Waals surface area (Å²) in [6, 6.07) is 17.8. The quantitative estimate of drug-likeness (QED) is 0.762. The van der Waals surface area contributed by atoms with Gasteiger partial charge in [-0.25, -0.2) is 0 Å². The van der Waals surface area contributed by atoms with Gasteiger partial charge in [0.15, 0.2) is 0 Å². The number of amides is 1. The molecule has 0 bridgehead atoms. The highest BCUT2D eigenvalue weighted by Gasteiger charge is 2.38. The second kappa shape index (κ2) is 10.3. The number of ether oxygens (including phenoxy) is 2. The number of nitrogens with two attached hydrogens (primary N) is 1. The van der Waals surface area contributed by atoms with E-state index in [2.05, 4.69) is 5.32 Å². The molecular weight excluding hydrogens is 364 g/mol. The van der Waals surface area contributed by atoms with Crippen LogP contribution in [0.15, 0.2) is 54.6 Å². The van der Waals surface area contributed by atoms with Gasteiger partial charge in [-0.2, -0.15) is 0 Å². The first kappa shape index (κ1) is 21.2. The van der Waals surface area contributed by atoms with Gasteiger partial charge >= 0.3 is 0 Å². The SMILES string of the molecule is Cl.NCC1(C(=O)NCc2ccccc2OCc2ccccc2)CCOCC1. The van der Waals surface area contributed by atoms with Gasteiger partial charge in [0, 0.05) is 31.9 Å². The van der Waals surface area contributed by atoms with Crippen LogP contribution >= 0.6 is 12.4 Å². The third-order valence-electron chi connectivity index (χ3n) is 4.97. The zero-order chi connectivity index (χ0) is 18.2. The van der Waals surface area contributed by atoms with Gasteiger partial charge in [-0.1, -0.05) is 48.5 Å². The molecule has 2 aromatic rings. The van der Waals surface area contributed by atoms with Crippen molar-refractivity contribution >= 4 is 18.3 Å². The van der Waals surface area contributed by atoms with Crippen molar-refractivity contribution in [2.45, 2.75) is 26.0 Å². The maximum atomic E-state index is 12.7.